The first kappa shape index (κ1) is 15.7. The zero-order chi connectivity index (χ0) is 16.8. The SMILES string of the molecule is C=CCN(C(=O)Cc1cnn(-c2ccccc2)c1)c1ccccc1. The fraction of sp³-hybridized carbons (Fsp3) is 0.100. The molecule has 0 aliphatic rings. The van der Waals surface area contributed by atoms with Crippen LogP contribution in [0, 0.1) is 0 Å². The maximum atomic E-state index is 12.7. The molecule has 3 aromatic rings. The van der Waals surface area contributed by atoms with Crippen molar-refractivity contribution in [1.29, 1.82) is 0 Å². The Hall–Kier alpha value is -3.14. The number of amides is 1. The summed E-state index contributed by atoms with van der Waals surface area (Å²) in [5, 5.41) is 4.34. The van der Waals surface area contributed by atoms with Gasteiger partial charge in [-0.05, 0) is 29.8 Å². The highest BCUT2D eigenvalue weighted by atomic mass is 16.2. The molecule has 1 aromatic heterocycles. The van der Waals surface area contributed by atoms with Crippen LogP contribution in [0.3, 0.4) is 0 Å². The molecular formula is C20H19N3O. The van der Waals surface area contributed by atoms with Crippen molar-refractivity contribution in [2.75, 3.05) is 11.4 Å². The molecule has 0 N–H and O–H groups in total. The molecule has 0 spiro atoms. The van der Waals surface area contributed by atoms with Gasteiger partial charge in [-0.3, -0.25) is 4.79 Å². The van der Waals surface area contributed by atoms with Gasteiger partial charge in [0.2, 0.25) is 5.91 Å². The number of carbonyl (C=O) groups excluding carboxylic acids is 1. The highest BCUT2D eigenvalue weighted by Gasteiger charge is 2.15. The first-order valence-electron chi connectivity index (χ1n) is 7.83. The van der Waals surface area contributed by atoms with Crippen LogP contribution in [0.2, 0.25) is 0 Å². The molecule has 24 heavy (non-hydrogen) atoms. The molecule has 0 aliphatic carbocycles. The van der Waals surface area contributed by atoms with E-state index in [1.165, 1.54) is 0 Å². The Morgan fingerprint density at radius 1 is 1.08 bits per heavy atom. The minimum atomic E-state index is 0.0220. The highest BCUT2D eigenvalue weighted by Crippen LogP contribution is 2.16. The first-order valence-corrected chi connectivity index (χ1v) is 7.83. The van der Waals surface area contributed by atoms with Gasteiger partial charge in [-0.2, -0.15) is 5.10 Å². The molecule has 1 amide bonds. The lowest BCUT2D eigenvalue weighted by atomic mass is 10.2. The van der Waals surface area contributed by atoms with Gasteiger partial charge in [0.1, 0.15) is 0 Å². The molecule has 2 aromatic carbocycles. The van der Waals surface area contributed by atoms with Gasteiger partial charge in [-0.25, -0.2) is 4.68 Å². The molecule has 3 rings (SSSR count). The van der Waals surface area contributed by atoms with Gasteiger partial charge in [-0.1, -0.05) is 42.5 Å². The van der Waals surface area contributed by atoms with E-state index in [4.69, 9.17) is 0 Å². The van der Waals surface area contributed by atoms with Crippen LogP contribution >= 0.6 is 0 Å². The molecule has 4 nitrogen and oxygen atoms in total. The second kappa shape index (κ2) is 7.42. The smallest absolute Gasteiger partial charge is 0.231 e. The van der Waals surface area contributed by atoms with E-state index in [2.05, 4.69) is 11.7 Å². The number of hydrogen-bond acceptors (Lipinski definition) is 2. The monoisotopic (exact) mass is 317 g/mol. The van der Waals surface area contributed by atoms with E-state index in [0.717, 1.165) is 16.9 Å². The third kappa shape index (κ3) is 3.60. The van der Waals surface area contributed by atoms with Crippen LogP contribution < -0.4 is 4.90 Å². The summed E-state index contributed by atoms with van der Waals surface area (Å²) in [6.07, 6.45) is 5.67. The lowest BCUT2D eigenvalue weighted by molar-refractivity contribution is -0.117. The van der Waals surface area contributed by atoms with E-state index in [-0.39, 0.29) is 5.91 Å². The maximum Gasteiger partial charge on any atom is 0.231 e. The van der Waals surface area contributed by atoms with Crippen LogP contribution in [0.4, 0.5) is 5.69 Å². The van der Waals surface area contributed by atoms with Crippen molar-refractivity contribution in [3.63, 3.8) is 0 Å². The van der Waals surface area contributed by atoms with Gasteiger partial charge in [0.15, 0.2) is 0 Å². The lowest BCUT2D eigenvalue weighted by Gasteiger charge is -2.21. The van der Waals surface area contributed by atoms with Crippen molar-refractivity contribution in [1.82, 2.24) is 9.78 Å². The molecule has 1 heterocycles. The molecular weight excluding hydrogens is 298 g/mol. The quantitative estimate of drug-likeness (QED) is 0.651. The summed E-state index contributed by atoms with van der Waals surface area (Å²) in [5.74, 6) is 0.0220. The van der Waals surface area contributed by atoms with Crippen molar-refractivity contribution >= 4 is 11.6 Å². The normalized spacial score (nSPS) is 10.3. The standard InChI is InChI=1S/C20H19N3O/c1-2-13-22(18-9-5-3-6-10-18)20(24)14-17-15-21-23(16-17)19-11-7-4-8-12-19/h2-12,15-16H,1,13-14H2. The number of para-hydroxylation sites is 2. The third-order valence-electron chi connectivity index (χ3n) is 3.69. The van der Waals surface area contributed by atoms with Crippen molar-refractivity contribution in [2.24, 2.45) is 0 Å². The number of hydrogen-bond donors (Lipinski definition) is 0. The Kier molecular flexibility index (Phi) is 4.87. The number of aromatic nitrogens is 2. The summed E-state index contributed by atoms with van der Waals surface area (Å²) >= 11 is 0. The van der Waals surface area contributed by atoms with E-state index in [0.29, 0.717) is 13.0 Å². The molecule has 0 fully saturated rings. The van der Waals surface area contributed by atoms with Crippen molar-refractivity contribution in [3.05, 3.63) is 91.3 Å². The molecule has 0 saturated heterocycles. The summed E-state index contributed by atoms with van der Waals surface area (Å²) in [6.45, 7) is 4.23. The van der Waals surface area contributed by atoms with Gasteiger partial charge < -0.3 is 4.90 Å². The van der Waals surface area contributed by atoms with Crippen LogP contribution in [-0.4, -0.2) is 22.2 Å². The lowest BCUT2D eigenvalue weighted by Crippen LogP contribution is -2.32. The zero-order valence-electron chi connectivity index (χ0n) is 13.4. The van der Waals surface area contributed by atoms with Crippen LogP contribution in [0.1, 0.15) is 5.56 Å². The number of benzene rings is 2. The van der Waals surface area contributed by atoms with E-state index in [1.54, 1.807) is 21.9 Å². The fourth-order valence-corrected chi connectivity index (χ4v) is 2.53. The predicted molar refractivity (Wildman–Crippen MR) is 96.3 cm³/mol. The van der Waals surface area contributed by atoms with Gasteiger partial charge in [0.05, 0.1) is 18.3 Å². The second-order valence-corrected chi connectivity index (χ2v) is 5.43. The summed E-state index contributed by atoms with van der Waals surface area (Å²) < 4.78 is 1.78. The zero-order valence-corrected chi connectivity index (χ0v) is 13.4. The van der Waals surface area contributed by atoms with Crippen LogP contribution in [0.25, 0.3) is 5.69 Å². The third-order valence-corrected chi connectivity index (χ3v) is 3.69. The molecule has 0 aliphatic heterocycles. The Balaban J connectivity index is 1.76. The molecule has 0 unspecified atom stereocenters. The van der Waals surface area contributed by atoms with E-state index < -0.39 is 0 Å². The minimum absolute atomic E-state index is 0.0220. The molecule has 4 heteroatoms. The highest BCUT2D eigenvalue weighted by molar-refractivity contribution is 5.94. The number of carbonyl (C=O) groups is 1. The molecule has 0 saturated carbocycles. The first-order chi connectivity index (χ1) is 11.8. The summed E-state index contributed by atoms with van der Waals surface area (Å²) in [4.78, 5) is 14.4. The molecule has 0 bridgehead atoms. The van der Waals surface area contributed by atoms with Crippen molar-refractivity contribution in [2.45, 2.75) is 6.42 Å². The summed E-state index contributed by atoms with van der Waals surface area (Å²) in [6, 6.07) is 19.5. The second-order valence-electron chi connectivity index (χ2n) is 5.43. The Labute approximate surface area is 141 Å². The minimum Gasteiger partial charge on any atom is -0.308 e. The predicted octanol–water partition coefficient (Wildman–Crippen LogP) is 3.63. The van der Waals surface area contributed by atoms with Crippen LogP contribution in [0.15, 0.2) is 85.7 Å². The maximum absolute atomic E-state index is 12.7. The average molecular weight is 317 g/mol. The summed E-state index contributed by atoms with van der Waals surface area (Å²) in [7, 11) is 0. The van der Waals surface area contributed by atoms with E-state index in [1.807, 2.05) is 66.9 Å². The Bertz CT molecular complexity index is 809. The number of rotatable bonds is 6. The van der Waals surface area contributed by atoms with E-state index in [9.17, 15) is 4.79 Å². The number of nitrogens with zero attached hydrogens (tertiary/aromatic N) is 3. The van der Waals surface area contributed by atoms with Gasteiger partial charge in [0.25, 0.3) is 0 Å². The topological polar surface area (TPSA) is 38.1 Å². The summed E-state index contributed by atoms with van der Waals surface area (Å²) in [5.41, 5.74) is 2.73. The number of anilines is 1. The van der Waals surface area contributed by atoms with Crippen LogP contribution in [0.5, 0.6) is 0 Å². The van der Waals surface area contributed by atoms with Crippen molar-refractivity contribution in [3.8, 4) is 5.69 Å². The van der Waals surface area contributed by atoms with Crippen LogP contribution in [-0.2, 0) is 11.2 Å². The fourth-order valence-electron chi connectivity index (χ4n) is 2.53. The van der Waals surface area contributed by atoms with Gasteiger partial charge in [-0.15, -0.1) is 6.58 Å². The van der Waals surface area contributed by atoms with Crippen molar-refractivity contribution < 1.29 is 4.79 Å². The molecule has 120 valence electrons. The van der Waals surface area contributed by atoms with Gasteiger partial charge in [0, 0.05) is 18.4 Å². The van der Waals surface area contributed by atoms with E-state index >= 15 is 0 Å². The average Bonchev–Trinajstić information content (AvgIpc) is 3.09. The Morgan fingerprint density at radius 2 is 1.75 bits per heavy atom. The molecule has 0 atom stereocenters. The Morgan fingerprint density at radius 3 is 2.42 bits per heavy atom. The van der Waals surface area contributed by atoms with Gasteiger partial charge >= 0.3 is 0 Å². The largest absolute Gasteiger partial charge is 0.308 e. The molecule has 0 radical (unpaired) electrons.